The predicted molar refractivity (Wildman–Crippen MR) is 76.4 cm³/mol. The van der Waals surface area contributed by atoms with Crippen molar-refractivity contribution in [3.8, 4) is 0 Å². The molecule has 0 heterocycles. The van der Waals surface area contributed by atoms with Crippen LogP contribution in [0.5, 0.6) is 0 Å². The second kappa shape index (κ2) is 7.24. The number of nitrogens with one attached hydrogen (secondary N) is 1. The Hall–Kier alpha value is -0.420. The van der Waals surface area contributed by atoms with Crippen LogP contribution in [-0.2, 0) is 0 Å². The first-order valence-corrected chi connectivity index (χ1v) is 7.23. The van der Waals surface area contributed by atoms with Crippen LogP contribution in [0.25, 0.3) is 0 Å². The average Bonchev–Trinajstić information content (AvgIpc) is 2.28. The SMILES string of the molecule is CC1CCC(C(C)C)C(NC(=O)N(S)CCO)C1. The molecule has 3 unspecified atom stereocenters. The maximum absolute atomic E-state index is 11.9. The molecule has 2 N–H and O–H groups in total. The Bertz CT molecular complexity index is 274. The molecule has 0 saturated heterocycles. The minimum Gasteiger partial charge on any atom is -0.394 e. The molecule has 3 atom stereocenters. The fraction of sp³-hybridized carbons (Fsp3) is 0.923. The average molecular weight is 274 g/mol. The summed E-state index contributed by atoms with van der Waals surface area (Å²) in [6.45, 7) is 6.86. The number of amides is 2. The van der Waals surface area contributed by atoms with E-state index in [-0.39, 0.29) is 25.2 Å². The van der Waals surface area contributed by atoms with Gasteiger partial charge in [-0.1, -0.05) is 40.0 Å². The zero-order valence-corrected chi connectivity index (χ0v) is 12.5. The Morgan fingerprint density at radius 3 is 2.72 bits per heavy atom. The lowest BCUT2D eigenvalue weighted by Crippen LogP contribution is -2.48. The lowest BCUT2D eigenvalue weighted by molar-refractivity contribution is 0.160. The highest BCUT2D eigenvalue weighted by molar-refractivity contribution is 7.78. The molecule has 0 aromatic rings. The molecule has 1 fully saturated rings. The van der Waals surface area contributed by atoms with E-state index in [1.807, 2.05) is 0 Å². The van der Waals surface area contributed by atoms with E-state index >= 15 is 0 Å². The number of carbonyl (C=O) groups is 1. The van der Waals surface area contributed by atoms with E-state index in [9.17, 15) is 4.79 Å². The summed E-state index contributed by atoms with van der Waals surface area (Å²) in [4.78, 5) is 11.9. The molecule has 0 aromatic carbocycles. The molecule has 0 aliphatic heterocycles. The third kappa shape index (κ3) is 4.35. The van der Waals surface area contributed by atoms with Gasteiger partial charge < -0.3 is 10.4 Å². The van der Waals surface area contributed by atoms with Crippen LogP contribution in [0.2, 0.25) is 0 Å². The highest BCUT2D eigenvalue weighted by atomic mass is 32.1. The van der Waals surface area contributed by atoms with E-state index in [1.54, 1.807) is 0 Å². The zero-order chi connectivity index (χ0) is 13.7. The van der Waals surface area contributed by atoms with Gasteiger partial charge in [0.15, 0.2) is 0 Å². The maximum atomic E-state index is 11.9. The number of rotatable bonds is 4. The lowest BCUT2D eigenvalue weighted by atomic mass is 9.74. The zero-order valence-electron chi connectivity index (χ0n) is 11.6. The van der Waals surface area contributed by atoms with Crippen molar-refractivity contribution in [1.29, 1.82) is 0 Å². The van der Waals surface area contributed by atoms with E-state index in [1.165, 1.54) is 17.1 Å². The van der Waals surface area contributed by atoms with Gasteiger partial charge in [-0.05, 0) is 30.6 Å². The minimum absolute atomic E-state index is 0.0639. The number of hydrogen-bond donors (Lipinski definition) is 3. The maximum Gasteiger partial charge on any atom is 0.327 e. The molecular formula is C13H26N2O2S. The summed E-state index contributed by atoms with van der Waals surface area (Å²) in [6.07, 6.45) is 3.46. The molecule has 18 heavy (non-hydrogen) atoms. The van der Waals surface area contributed by atoms with Crippen molar-refractivity contribution < 1.29 is 9.90 Å². The summed E-state index contributed by atoms with van der Waals surface area (Å²) in [5.74, 6) is 1.78. The number of aliphatic hydroxyl groups is 1. The summed E-state index contributed by atoms with van der Waals surface area (Å²) < 4.78 is 1.25. The van der Waals surface area contributed by atoms with Gasteiger partial charge in [-0.3, -0.25) is 4.31 Å². The normalized spacial score (nSPS) is 28.2. The van der Waals surface area contributed by atoms with E-state index in [0.29, 0.717) is 17.8 Å². The van der Waals surface area contributed by atoms with Crippen LogP contribution in [0, 0.1) is 17.8 Å². The fourth-order valence-corrected chi connectivity index (χ4v) is 2.94. The Morgan fingerprint density at radius 2 is 2.17 bits per heavy atom. The Labute approximate surface area is 116 Å². The van der Waals surface area contributed by atoms with Crippen molar-refractivity contribution in [2.75, 3.05) is 13.2 Å². The smallest absolute Gasteiger partial charge is 0.327 e. The Balaban J connectivity index is 2.57. The minimum atomic E-state index is -0.197. The molecule has 106 valence electrons. The summed E-state index contributed by atoms with van der Waals surface area (Å²) in [5, 5.41) is 11.9. The van der Waals surface area contributed by atoms with E-state index < -0.39 is 0 Å². The largest absolute Gasteiger partial charge is 0.394 e. The monoisotopic (exact) mass is 274 g/mol. The molecule has 5 heteroatoms. The van der Waals surface area contributed by atoms with Crippen LogP contribution >= 0.6 is 12.8 Å². The fourth-order valence-electron chi connectivity index (χ4n) is 2.80. The molecule has 4 nitrogen and oxygen atoms in total. The van der Waals surface area contributed by atoms with Crippen molar-refractivity contribution in [3.05, 3.63) is 0 Å². The summed E-state index contributed by atoms with van der Waals surface area (Å²) >= 11 is 4.07. The van der Waals surface area contributed by atoms with E-state index in [0.717, 1.165) is 6.42 Å². The van der Waals surface area contributed by atoms with Gasteiger partial charge in [0.2, 0.25) is 0 Å². The van der Waals surface area contributed by atoms with E-state index in [2.05, 4.69) is 38.9 Å². The summed E-state index contributed by atoms with van der Waals surface area (Å²) in [7, 11) is 0. The predicted octanol–water partition coefficient (Wildman–Crippen LogP) is 2.30. The molecular weight excluding hydrogens is 248 g/mol. The van der Waals surface area contributed by atoms with E-state index in [4.69, 9.17) is 5.11 Å². The number of aliphatic hydroxyl groups excluding tert-OH is 1. The number of nitrogens with zero attached hydrogens (tertiary/aromatic N) is 1. The molecule has 1 aliphatic rings. The lowest BCUT2D eigenvalue weighted by Gasteiger charge is -2.38. The molecule has 2 amide bonds. The van der Waals surface area contributed by atoms with Gasteiger partial charge in [0, 0.05) is 6.04 Å². The number of hydrogen-bond acceptors (Lipinski definition) is 3. The van der Waals surface area contributed by atoms with Crippen LogP contribution in [0.15, 0.2) is 0 Å². The van der Waals surface area contributed by atoms with Gasteiger partial charge in [-0.2, -0.15) is 0 Å². The van der Waals surface area contributed by atoms with Crippen molar-refractivity contribution in [2.45, 2.75) is 46.1 Å². The van der Waals surface area contributed by atoms with Gasteiger partial charge >= 0.3 is 6.03 Å². The van der Waals surface area contributed by atoms with Crippen molar-refractivity contribution in [3.63, 3.8) is 0 Å². The molecule has 0 bridgehead atoms. The first-order chi connectivity index (χ1) is 8.45. The Kier molecular flexibility index (Phi) is 6.29. The topological polar surface area (TPSA) is 52.6 Å². The van der Waals surface area contributed by atoms with Gasteiger partial charge in [-0.15, -0.1) is 0 Å². The number of thiol groups is 1. The van der Waals surface area contributed by atoms with Crippen LogP contribution in [0.4, 0.5) is 4.79 Å². The molecule has 1 aliphatic carbocycles. The molecule has 1 rings (SSSR count). The third-order valence-corrected chi connectivity index (χ3v) is 4.26. The van der Waals surface area contributed by atoms with Crippen LogP contribution in [0.1, 0.15) is 40.0 Å². The molecule has 1 saturated carbocycles. The van der Waals surface area contributed by atoms with Crippen molar-refractivity contribution in [1.82, 2.24) is 9.62 Å². The van der Waals surface area contributed by atoms with Crippen LogP contribution < -0.4 is 5.32 Å². The molecule has 0 spiro atoms. The van der Waals surface area contributed by atoms with Gasteiger partial charge in [0.05, 0.1) is 13.2 Å². The van der Waals surface area contributed by atoms with Gasteiger partial charge in [0.1, 0.15) is 0 Å². The quantitative estimate of drug-likeness (QED) is 0.689. The molecule has 0 radical (unpaired) electrons. The van der Waals surface area contributed by atoms with Crippen LogP contribution in [-0.4, -0.2) is 34.6 Å². The van der Waals surface area contributed by atoms with Crippen LogP contribution in [0.3, 0.4) is 0 Å². The standard InChI is InChI=1S/C13H26N2O2S/c1-9(2)11-5-4-10(3)8-12(11)14-13(17)15(18)6-7-16/h9-12,16,18H,4-8H2,1-3H3,(H,14,17). The summed E-state index contributed by atoms with van der Waals surface area (Å²) in [6, 6.07) is 0.0340. The highest BCUT2D eigenvalue weighted by Crippen LogP contribution is 2.33. The van der Waals surface area contributed by atoms with Gasteiger partial charge in [0.25, 0.3) is 0 Å². The Morgan fingerprint density at radius 1 is 1.50 bits per heavy atom. The summed E-state index contributed by atoms with van der Waals surface area (Å²) in [5.41, 5.74) is 0. The number of urea groups is 1. The third-order valence-electron chi connectivity index (χ3n) is 3.88. The second-order valence-electron chi connectivity index (χ2n) is 5.73. The molecule has 0 aromatic heterocycles. The van der Waals surface area contributed by atoms with Crippen molar-refractivity contribution in [2.24, 2.45) is 17.8 Å². The second-order valence-corrected chi connectivity index (χ2v) is 6.21. The van der Waals surface area contributed by atoms with Crippen molar-refractivity contribution >= 4 is 18.8 Å². The first kappa shape index (κ1) is 15.6. The van der Waals surface area contributed by atoms with Gasteiger partial charge in [-0.25, -0.2) is 4.79 Å². The first-order valence-electron chi connectivity index (χ1n) is 6.83. The number of carbonyl (C=O) groups excluding carboxylic acids is 1. The highest BCUT2D eigenvalue weighted by Gasteiger charge is 2.32.